The molecule has 116 valence electrons. The molecule has 3 heteroatoms. The number of rotatable bonds is 5. The van der Waals surface area contributed by atoms with E-state index >= 15 is 0 Å². The first-order valence-corrected chi connectivity index (χ1v) is 7.64. The van der Waals surface area contributed by atoms with E-state index in [1.54, 1.807) is 0 Å². The summed E-state index contributed by atoms with van der Waals surface area (Å²) in [5, 5.41) is 3.04. The van der Waals surface area contributed by atoms with Gasteiger partial charge in [0.2, 0.25) is 5.91 Å². The van der Waals surface area contributed by atoms with Crippen molar-refractivity contribution in [1.29, 1.82) is 0 Å². The fourth-order valence-corrected chi connectivity index (χ4v) is 2.71. The summed E-state index contributed by atoms with van der Waals surface area (Å²) in [6, 6.07) is 15.7. The lowest BCUT2D eigenvalue weighted by Crippen LogP contribution is -2.30. The van der Waals surface area contributed by atoms with Gasteiger partial charge in [-0.1, -0.05) is 54.1 Å². The summed E-state index contributed by atoms with van der Waals surface area (Å²) in [5.74, 6) is -0.0242. The Morgan fingerprint density at radius 1 is 1.14 bits per heavy atom. The molecule has 0 saturated carbocycles. The van der Waals surface area contributed by atoms with Crippen LogP contribution in [0, 0.1) is 13.8 Å². The van der Waals surface area contributed by atoms with Crippen molar-refractivity contribution in [2.45, 2.75) is 39.3 Å². The standard InChI is InChI=1S/C19H24N2O/c1-13-9-10-17(14(2)11-13)15(3)21-19(22)12-18(20)16-7-5-4-6-8-16/h4-11,15,18H,12,20H2,1-3H3,(H,21,22). The van der Waals surface area contributed by atoms with E-state index in [2.05, 4.69) is 37.4 Å². The third-order valence-corrected chi connectivity index (χ3v) is 3.90. The zero-order valence-electron chi connectivity index (χ0n) is 13.5. The van der Waals surface area contributed by atoms with Crippen molar-refractivity contribution in [3.8, 4) is 0 Å². The first-order chi connectivity index (χ1) is 10.5. The van der Waals surface area contributed by atoms with E-state index < -0.39 is 0 Å². The van der Waals surface area contributed by atoms with Gasteiger partial charge in [-0.2, -0.15) is 0 Å². The fraction of sp³-hybridized carbons (Fsp3) is 0.316. The summed E-state index contributed by atoms with van der Waals surface area (Å²) in [6.45, 7) is 6.14. The predicted molar refractivity (Wildman–Crippen MR) is 90.5 cm³/mol. The molecule has 0 aliphatic rings. The van der Waals surface area contributed by atoms with Gasteiger partial charge in [0, 0.05) is 12.5 Å². The summed E-state index contributed by atoms with van der Waals surface area (Å²) in [7, 11) is 0. The molecule has 2 atom stereocenters. The molecule has 0 spiro atoms. The topological polar surface area (TPSA) is 55.1 Å². The molecule has 0 fully saturated rings. The molecule has 0 aromatic heterocycles. The van der Waals surface area contributed by atoms with Gasteiger partial charge in [0.05, 0.1) is 6.04 Å². The number of nitrogens with two attached hydrogens (primary N) is 1. The van der Waals surface area contributed by atoms with Crippen LogP contribution in [0.4, 0.5) is 0 Å². The van der Waals surface area contributed by atoms with Crippen LogP contribution in [-0.4, -0.2) is 5.91 Å². The Morgan fingerprint density at radius 2 is 1.82 bits per heavy atom. The van der Waals surface area contributed by atoms with E-state index in [0.29, 0.717) is 6.42 Å². The van der Waals surface area contributed by atoms with Crippen molar-refractivity contribution in [2.75, 3.05) is 0 Å². The van der Waals surface area contributed by atoms with Crippen LogP contribution in [0.1, 0.15) is 47.7 Å². The van der Waals surface area contributed by atoms with Gasteiger partial charge in [-0.05, 0) is 37.5 Å². The van der Waals surface area contributed by atoms with Gasteiger partial charge in [-0.25, -0.2) is 0 Å². The maximum Gasteiger partial charge on any atom is 0.222 e. The van der Waals surface area contributed by atoms with E-state index in [9.17, 15) is 4.79 Å². The van der Waals surface area contributed by atoms with Gasteiger partial charge in [0.25, 0.3) is 0 Å². The molecule has 2 aromatic carbocycles. The highest BCUT2D eigenvalue weighted by Gasteiger charge is 2.15. The Kier molecular flexibility index (Phi) is 5.34. The Balaban J connectivity index is 1.96. The average molecular weight is 296 g/mol. The van der Waals surface area contributed by atoms with Crippen LogP contribution in [0.2, 0.25) is 0 Å². The fourth-order valence-electron chi connectivity index (χ4n) is 2.71. The SMILES string of the molecule is Cc1ccc(C(C)NC(=O)CC(N)c2ccccc2)c(C)c1. The molecule has 2 rings (SSSR count). The van der Waals surface area contributed by atoms with Crippen LogP contribution >= 0.6 is 0 Å². The molecule has 0 aliphatic carbocycles. The lowest BCUT2D eigenvalue weighted by atomic mass is 9.99. The normalized spacial score (nSPS) is 13.5. The second-order valence-corrected chi connectivity index (χ2v) is 5.87. The molecule has 0 aliphatic heterocycles. The molecule has 0 heterocycles. The first kappa shape index (κ1) is 16.2. The minimum atomic E-state index is -0.271. The Morgan fingerprint density at radius 3 is 2.45 bits per heavy atom. The predicted octanol–water partition coefficient (Wildman–Crippen LogP) is 3.57. The number of hydrogen-bond donors (Lipinski definition) is 2. The Hall–Kier alpha value is -2.13. The van der Waals surface area contributed by atoms with Crippen molar-refractivity contribution in [3.05, 3.63) is 70.8 Å². The first-order valence-electron chi connectivity index (χ1n) is 7.64. The minimum Gasteiger partial charge on any atom is -0.350 e. The Bertz CT molecular complexity index is 637. The van der Waals surface area contributed by atoms with Crippen molar-refractivity contribution >= 4 is 5.91 Å². The highest BCUT2D eigenvalue weighted by Crippen LogP contribution is 2.19. The summed E-state index contributed by atoms with van der Waals surface area (Å²) < 4.78 is 0. The highest BCUT2D eigenvalue weighted by molar-refractivity contribution is 5.77. The van der Waals surface area contributed by atoms with Gasteiger partial charge in [0.1, 0.15) is 0 Å². The van der Waals surface area contributed by atoms with Crippen LogP contribution in [0.3, 0.4) is 0 Å². The van der Waals surface area contributed by atoms with Crippen LogP contribution in [0.5, 0.6) is 0 Å². The molecule has 0 radical (unpaired) electrons. The zero-order valence-corrected chi connectivity index (χ0v) is 13.5. The number of aryl methyl sites for hydroxylation is 2. The summed E-state index contributed by atoms with van der Waals surface area (Å²) in [5.41, 5.74) is 10.7. The van der Waals surface area contributed by atoms with Gasteiger partial charge in [-0.15, -0.1) is 0 Å². The number of benzene rings is 2. The molecule has 2 unspecified atom stereocenters. The molecule has 2 aromatic rings. The maximum absolute atomic E-state index is 12.2. The number of amides is 1. The van der Waals surface area contributed by atoms with E-state index in [1.807, 2.05) is 37.3 Å². The van der Waals surface area contributed by atoms with Gasteiger partial charge in [-0.3, -0.25) is 4.79 Å². The van der Waals surface area contributed by atoms with Crippen molar-refractivity contribution < 1.29 is 4.79 Å². The van der Waals surface area contributed by atoms with Gasteiger partial charge < -0.3 is 11.1 Å². The van der Waals surface area contributed by atoms with Crippen LogP contribution in [0.15, 0.2) is 48.5 Å². The smallest absolute Gasteiger partial charge is 0.222 e. The third kappa shape index (κ3) is 4.18. The largest absolute Gasteiger partial charge is 0.350 e. The third-order valence-electron chi connectivity index (χ3n) is 3.90. The number of carbonyl (C=O) groups is 1. The van der Waals surface area contributed by atoms with E-state index in [0.717, 1.165) is 11.1 Å². The molecular formula is C19H24N2O. The van der Waals surface area contributed by atoms with Crippen LogP contribution in [-0.2, 0) is 4.79 Å². The molecule has 3 N–H and O–H groups in total. The van der Waals surface area contributed by atoms with E-state index in [-0.39, 0.29) is 18.0 Å². The molecule has 0 saturated heterocycles. The lowest BCUT2D eigenvalue weighted by Gasteiger charge is -2.19. The highest BCUT2D eigenvalue weighted by atomic mass is 16.1. The maximum atomic E-state index is 12.2. The Labute approximate surface area is 132 Å². The average Bonchev–Trinajstić information content (AvgIpc) is 2.47. The monoisotopic (exact) mass is 296 g/mol. The van der Waals surface area contributed by atoms with Gasteiger partial charge in [0.15, 0.2) is 0 Å². The second kappa shape index (κ2) is 7.23. The van der Waals surface area contributed by atoms with Crippen molar-refractivity contribution in [2.24, 2.45) is 5.73 Å². The number of nitrogens with one attached hydrogen (secondary N) is 1. The van der Waals surface area contributed by atoms with Gasteiger partial charge >= 0.3 is 0 Å². The molecule has 22 heavy (non-hydrogen) atoms. The summed E-state index contributed by atoms with van der Waals surface area (Å²) in [4.78, 5) is 12.2. The lowest BCUT2D eigenvalue weighted by molar-refractivity contribution is -0.122. The molecule has 0 bridgehead atoms. The van der Waals surface area contributed by atoms with E-state index in [1.165, 1.54) is 11.1 Å². The zero-order chi connectivity index (χ0) is 16.1. The van der Waals surface area contributed by atoms with Crippen LogP contribution < -0.4 is 11.1 Å². The molecular weight excluding hydrogens is 272 g/mol. The van der Waals surface area contributed by atoms with Crippen molar-refractivity contribution in [3.63, 3.8) is 0 Å². The quantitative estimate of drug-likeness (QED) is 0.886. The summed E-state index contributed by atoms with van der Waals surface area (Å²) >= 11 is 0. The molecule has 1 amide bonds. The second-order valence-electron chi connectivity index (χ2n) is 5.87. The van der Waals surface area contributed by atoms with Crippen LogP contribution in [0.25, 0.3) is 0 Å². The minimum absolute atomic E-state index is 0.0175. The summed E-state index contributed by atoms with van der Waals surface area (Å²) in [6.07, 6.45) is 0.291. The number of carbonyl (C=O) groups excluding carboxylic acids is 1. The number of hydrogen-bond acceptors (Lipinski definition) is 2. The van der Waals surface area contributed by atoms with E-state index in [4.69, 9.17) is 5.73 Å². The van der Waals surface area contributed by atoms with Crippen molar-refractivity contribution in [1.82, 2.24) is 5.32 Å². The molecule has 3 nitrogen and oxygen atoms in total.